The molecule has 2 aromatic carbocycles. The standard InChI is InChI=1S/C29H35N3/c1-7-10-12-23(11-8-2)15-14-22(5)30-26-18-16-25(20-24(26)9-3)29-31-27-17-13-21(4)19-28(27)32(29)6/h10-20,30H,5,7-9H2,1-4,6H3/b12-10-,15-14+,23-11+. The summed E-state index contributed by atoms with van der Waals surface area (Å²) < 4.78 is 2.18. The van der Waals surface area contributed by atoms with Crippen LogP contribution < -0.4 is 5.32 Å². The molecule has 32 heavy (non-hydrogen) atoms. The Morgan fingerprint density at radius 2 is 1.84 bits per heavy atom. The second-order valence-corrected chi connectivity index (χ2v) is 8.12. The summed E-state index contributed by atoms with van der Waals surface area (Å²) in [7, 11) is 2.09. The molecule has 3 aromatic rings. The molecule has 0 saturated carbocycles. The van der Waals surface area contributed by atoms with Gasteiger partial charge < -0.3 is 9.88 Å². The fourth-order valence-corrected chi connectivity index (χ4v) is 3.80. The fourth-order valence-electron chi connectivity index (χ4n) is 3.80. The zero-order chi connectivity index (χ0) is 23.1. The summed E-state index contributed by atoms with van der Waals surface area (Å²) in [5.74, 6) is 0.989. The van der Waals surface area contributed by atoms with Crippen LogP contribution in [-0.2, 0) is 13.5 Å². The van der Waals surface area contributed by atoms with Crippen molar-refractivity contribution in [3.8, 4) is 11.4 Å². The minimum atomic E-state index is 0.873. The van der Waals surface area contributed by atoms with Gasteiger partial charge in [-0.3, -0.25) is 0 Å². The molecule has 1 N–H and O–H groups in total. The number of anilines is 1. The van der Waals surface area contributed by atoms with Gasteiger partial charge in [0.15, 0.2) is 0 Å². The number of rotatable bonds is 9. The van der Waals surface area contributed by atoms with Crippen LogP contribution in [0.4, 0.5) is 5.69 Å². The Morgan fingerprint density at radius 1 is 1.03 bits per heavy atom. The van der Waals surface area contributed by atoms with Crippen molar-refractivity contribution in [2.24, 2.45) is 7.05 Å². The number of imidazole rings is 1. The first-order chi connectivity index (χ1) is 15.5. The van der Waals surface area contributed by atoms with Crippen LogP contribution in [0.1, 0.15) is 44.7 Å². The minimum Gasteiger partial charge on any atom is -0.356 e. The molecule has 0 spiro atoms. The number of aryl methyl sites for hydroxylation is 3. The number of nitrogens with zero attached hydrogens (tertiary/aromatic N) is 2. The van der Waals surface area contributed by atoms with Crippen molar-refractivity contribution in [3.05, 3.63) is 95.8 Å². The quantitative estimate of drug-likeness (QED) is 0.353. The van der Waals surface area contributed by atoms with Crippen LogP contribution in [0.5, 0.6) is 0 Å². The second kappa shape index (κ2) is 10.8. The molecule has 0 radical (unpaired) electrons. The van der Waals surface area contributed by atoms with E-state index in [1.165, 1.54) is 16.7 Å². The molecule has 0 bridgehead atoms. The van der Waals surface area contributed by atoms with Gasteiger partial charge in [0.25, 0.3) is 0 Å². The summed E-state index contributed by atoms with van der Waals surface area (Å²) in [5, 5.41) is 3.48. The zero-order valence-corrected chi connectivity index (χ0v) is 20.1. The molecule has 166 valence electrons. The van der Waals surface area contributed by atoms with Gasteiger partial charge in [-0.1, -0.05) is 57.7 Å². The average molecular weight is 426 g/mol. The number of allylic oxidation sites excluding steroid dienone is 6. The first-order valence-corrected chi connectivity index (χ1v) is 11.5. The molecule has 1 heterocycles. The van der Waals surface area contributed by atoms with Gasteiger partial charge in [-0.2, -0.15) is 0 Å². The van der Waals surface area contributed by atoms with Crippen LogP contribution in [0.15, 0.2) is 84.6 Å². The van der Waals surface area contributed by atoms with E-state index < -0.39 is 0 Å². The van der Waals surface area contributed by atoms with Crippen LogP contribution in [0, 0.1) is 6.92 Å². The molecular formula is C29H35N3. The van der Waals surface area contributed by atoms with E-state index in [1.807, 2.05) is 6.08 Å². The predicted octanol–water partition coefficient (Wildman–Crippen LogP) is 7.90. The summed E-state index contributed by atoms with van der Waals surface area (Å²) in [6.45, 7) is 12.8. The zero-order valence-electron chi connectivity index (χ0n) is 20.1. The highest BCUT2D eigenvalue weighted by atomic mass is 15.1. The lowest BCUT2D eigenvalue weighted by atomic mass is 10.1. The molecule has 0 aliphatic carbocycles. The van der Waals surface area contributed by atoms with Crippen molar-refractivity contribution in [2.75, 3.05) is 5.32 Å². The summed E-state index contributed by atoms with van der Waals surface area (Å²) in [6, 6.07) is 12.9. The minimum absolute atomic E-state index is 0.873. The van der Waals surface area contributed by atoms with Gasteiger partial charge >= 0.3 is 0 Å². The topological polar surface area (TPSA) is 29.9 Å². The molecule has 3 rings (SSSR count). The highest BCUT2D eigenvalue weighted by molar-refractivity contribution is 5.81. The second-order valence-electron chi connectivity index (χ2n) is 8.12. The molecule has 0 amide bonds. The first kappa shape index (κ1) is 23.3. The lowest BCUT2D eigenvalue weighted by Gasteiger charge is -2.13. The largest absolute Gasteiger partial charge is 0.356 e. The molecule has 0 saturated heterocycles. The molecule has 3 heteroatoms. The SMILES string of the molecule is C=C(/C=C/C(/C=C\CC)=C/CC)Nc1ccc(-c2nc3ccc(C)cc3n2C)cc1CC. The number of benzene rings is 2. The van der Waals surface area contributed by atoms with Gasteiger partial charge in [0.05, 0.1) is 11.0 Å². The van der Waals surface area contributed by atoms with Gasteiger partial charge in [-0.15, -0.1) is 0 Å². The Morgan fingerprint density at radius 3 is 2.56 bits per heavy atom. The Balaban J connectivity index is 1.84. The average Bonchev–Trinajstić information content (AvgIpc) is 3.11. The Labute approximate surface area is 192 Å². The summed E-state index contributed by atoms with van der Waals surface area (Å²) in [4.78, 5) is 4.88. The highest BCUT2D eigenvalue weighted by Crippen LogP contribution is 2.28. The van der Waals surface area contributed by atoms with Crippen molar-refractivity contribution in [1.29, 1.82) is 0 Å². The Bertz CT molecular complexity index is 1190. The number of hydrogen-bond donors (Lipinski definition) is 1. The molecule has 0 atom stereocenters. The van der Waals surface area contributed by atoms with Crippen molar-refractivity contribution in [3.63, 3.8) is 0 Å². The van der Waals surface area contributed by atoms with Crippen LogP contribution in [0.25, 0.3) is 22.4 Å². The predicted molar refractivity (Wildman–Crippen MR) is 140 cm³/mol. The third-order valence-electron chi connectivity index (χ3n) is 5.54. The van der Waals surface area contributed by atoms with E-state index in [-0.39, 0.29) is 0 Å². The molecular weight excluding hydrogens is 390 g/mol. The van der Waals surface area contributed by atoms with Crippen molar-refractivity contribution >= 4 is 16.7 Å². The molecule has 0 aliphatic rings. The van der Waals surface area contributed by atoms with Crippen LogP contribution in [-0.4, -0.2) is 9.55 Å². The monoisotopic (exact) mass is 425 g/mol. The fraction of sp³-hybridized carbons (Fsp3) is 0.276. The third kappa shape index (κ3) is 5.47. The van der Waals surface area contributed by atoms with E-state index in [9.17, 15) is 0 Å². The molecule has 0 aliphatic heterocycles. The van der Waals surface area contributed by atoms with Crippen LogP contribution in [0.3, 0.4) is 0 Å². The first-order valence-electron chi connectivity index (χ1n) is 11.5. The molecule has 0 fully saturated rings. The maximum Gasteiger partial charge on any atom is 0.140 e. The van der Waals surface area contributed by atoms with Gasteiger partial charge in [0.1, 0.15) is 5.82 Å². The van der Waals surface area contributed by atoms with Gasteiger partial charge in [-0.25, -0.2) is 4.98 Å². The molecule has 0 unspecified atom stereocenters. The highest BCUT2D eigenvalue weighted by Gasteiger charge is 2.12. The summed E-state index contributed by atoms with van der Waals surface area (Å²) in [5.41, 5.74) is 8.98. The normalized spacial score (nSPS) is 12.3. The van der Waals surface area contributed by atoms with E-state index in [0.29, 0.717) is 0 Å². The Hall–Kier alpha value is -3.33. The lowest BCUT2D eigenvalue weighted by Crippen LogP contribution is -2.00. The lowest BCUT2D eigenvalue weighted by molar-refractivity contribution is 0.957. The van der Waals surface area contributed by atoms with Gasteiger partial charge in [0, 0.05) is 24.0 Å². The van der Waals surface area contributed by atoms with E-state index in [0.717, 1.165) is 53.1 Å². The number of nitrogens with one attached hydrogen (secondary N) is 1. The summed E-state index contributed by atoms with van der Waals surface area (Å²) in [6.07, 6.45) is 13.7. The van der Waals surface area contributed by atoms with E-state index in [4.69, 9.17) is 4.98 Å². The molecule has 3 nitrogen and oxygen atoms in total. The van der Waals surface area contributed by atoms with Crippen LogP contribution >= 0.6 is 0 Å². The van der Waals surface area contributed by atoms with E-state index >= 15 is 0 Å². The van der Waals surface area contributed by atoms with Gasteiger partial charge in [0.2, 0.25) is 0 Å². The maximum atomic E-state index is 4.88. The molecule has 1 aromatic heterocycles. The number of fused-ring (bicyclic) bond motifs is 1. The van der Waals surface area contributed by atoms with E-state index in [1.54, 1.807) is 0 Å². The third-order valence-corrected chi connectivity index (χ3v) is 5.54. The van der Waals surface area contributed by atoms with Crippen molar-refractivity contribution < 1.29 is 0 Å². The van der Waals surface area contributed by atoms with E-state index in [2.05, 4.69) is 112 Å². The number of aromatic nitrogens is 2. The van der Waals surface area contributed by atoms with Crippen LogP contribution in [0.2, 0.25) is 0 Å². The Kier molecular flexibility index (Phi) is 7.88. The van der Waals surface area contributed by atoms with Crippen molar-refractivity contribution in [2.45, 2.75) is 47.0 Å². The van der Waals surface area contributed by atoms with Gasteiger partial charge in [-0.05, 0) is 79.3 Å². The summed E-state index contributed by atoms with van der Waals surface area (Å²) >= 11 is 0. The smallest absolute Gasteiger partial charge is 0.140 e. The number of hydrogen-bond acceptors (Lipinski definition) is 2. The maximum absolute atomic E-state index is 4.88. The van der Waals surface area contributed by atoms with Crippen molar-refractivity contribution in [1.82, 2.24) is 9.55 Å².